The van der Waals surface area contributed by atoms with Gasteiger partial charge in [-0.2, -0.15) is 0 Å². The van der Waals surface area contributed by atoms with Crippen LogP contribution in [0.15, 0.2) is 42.5 Å². The number of esters is 1. The van der Waals surface area contributed by atoms with Crippen LogP contribution in [0.2, 0.25) is 0 Å². The summed E-state index contributed by atoms with van der Waals surface area (Å²) in [4.78, 5) is 27.5. The average molecular weight is 358 g/mol. The SMILES string of the molecule is Cc1ccc(/C=C/C(=O)OCC(=O)NCc2ccc(N(C)C)cc2)s1. The lowest BCUT2D eigenvalue weighted by Gasteiger charge is -2.12. The highest BCUT2D eigenvalue weighted by atomic mass is 32.1. The molecule has 0 unspecified atom stereocenters. The quantitative estimate of drug-likeness (QED) is 0.611. The number of anilines is 1. The highest BCUT2D eigenvalue weighted by molar-refractivity contribution is 7.12. The number of carbonyl (C=O) groups excluding carboxylic acids is 2. The number of ether oxygens (including phenoxy) is 1. The molecule has 1 N–H and O–H groups in total. The summed E-state index contributed by atoms with van der Waals surface area (Å²) in [6.45, 7) is 2.11. The number of rotatable bonds is 7. The van der Waals surface area contributed by atoms with Gasteiger partial charge in [0.2, 0.25) is 0 Å². The molecule has 25 heavy (non-hydrogen) atoms. The molecule has 0 bridgehead atoms. The Morgan fingerprint density at radius 1 is 1.16 bits per heavy atom. The van der Waals surface area contributed by atoms with E-state index in [0.717, 1.165) is 16.1 Å². The van der Waals surface area contributed by atoms with Crippen LogP contribution in [0.1, 0.15) is 15.3 Å². The van der Waals surface area contributed by atoms with Gasteiger partial charge >= 0.3 is 5.97 Å². The molecule has 1 aromatic heterocycles. The van der Waals surface area contributed by atoms with Gasteiger partial charge < -0.3 is 15.0 Å². The fourth-order valence-electron chi connectivity index (χ4n) is 2.04. The first-order valence-electron chi connectivity index (χ1n) is 7.88. The third kappa shape index (κ3) is 6.43. The predicted octanol–water partition coefficient (Wildman–Crippen LogP) is 3.00. The molecule has 0 aliphatic carbocycles. The smallest absolute Gasteiger partial charge is 0.331 e. The number of hydrogen-bond acceptors (Lipinski definition) is 5. The van der Waals surface area contributed by atoms with Crippen LogP contribution in [0.5, 0.6) is 0 Å². The Morgan fingerprint density at radius 2 is 1.88 bits per heavy atom. The minimum atomic E-state index is -0.531. The Bertz CT molecular complexity index is 748. The zero-order chi connectivity index (χ0) is 18.2. The zero-order valence-corrected chi connectivity index (χ0v) is 15.4. The van der Waals surface area contributed by atoms with E-state index in [-0.39, 0.29) is 12.5 Å². The first-order valence-corrected chi connectivity index (χ1v) is 8.70. The number of nitrogens with one attached hydrogen (secondary N) is 1. The van der Waals surface area contributed by atoms with Crippen molar-refractivity contribution in [3.05, 3.63) is 57.8 Å². The van der Waals surface area contributed by atoms with E-state index >= 15 is 0 Å². The first-order chi connectivity index (χ1) is 11.9. The van der Waals surface area contributed by atoms with E-state index in [4.69, 9.17) is 4.74 Å². The Hall–Kier alpha value is -2.60. The van der Waals surface area contributed by atoms with E-state index < -0.39 is 5.97 Å². The Kier molecular flexibility index (Phi) is 6.77. The summed E-state index contributed by atoms with van der Waals surface area (Å²) in [6, 6.07) is 11.8. The maximum absolute atomic E-state index is 11.8. The molecule has 2 aromatic rings. The molecule has 0 saturated carbocycles. The van der Waals surface area contributed by atoms with E-state index in [1.165, 1.54) is 11.0 Å². The maximum atomic E-state index is 11.8. The summed E-state index contributed by atoms with van der Waals surface area (Å²) >= 11 is 1.59. The molecule has 1 aromatic carbocycles. The van der Waals surface area contributed by atoms with Gasteiger partial charge in [-0.3, -0.25) is 4.79 Å². The van der Waals surface area contributed by atoms with Gasteiger partial charge in [-0.05, 0) is 42.8 Å². The minimum absolute atomic E-state index is 0.289. The fraction of sp³-hybridized carbons (Fsp3) is 0.263. The molecule has 0 radical (unpaired) electrons. The third-order valence-corrected chi connectivity index (χ3v) is 4.40. The van der Waals surface area contributed by atoms with Crippen molar-refractivity contribution in [3.8, 4) is 0 Å². The molecule has 6 heteroatoms. The molecule has 1 amide bonds. The van der Waals surface area contributed by atoms with Crippen LogP contribution in [0, 0.1) is 6.92 Å². The van der Waals surface area contributed by atoms with Gasteiger partial charge in [-0.1, -0.05) is 12.1 Å². The lowest BCUT2D eigenvalue weighted by molar-refractivity contribution is -0.143. The number of aryl methyl sites for hydroxylation is 1. The fourth-order valence-corrected chi connectivity index (χ4v) is 2.82. The van der Waals surface area contributed by atoms with Crippen LogP contribution in [-0.2, 0) is 20.9 Å². The van der Waals surface area contributed by atoms with E-state index in [9.17, 15) is 9.59 Å². The van der Waals surface area contributed by atoms with Crippen LogP contribution in [0.3, 0.4) is 0 Å². The van der Waals surface area contributed by atoms with Crippen molar-refractivity contribution in [1.82, 2.24) is 5.32 Å². The number of amides is 1. The molecular weight excluding hydrogens is 336 g/mol. The monoisotopic (exact) mass is 358 g/mol. The summed E-state index contributed by atoms with van der Waals surface area (Å²) in [5.74, 6) is -0.859. The van der Waals surface area contributed by atoms with Crippen molar-refractivity contribution in [1.29, 1.82) is 0 Å². The molecule has 0 aliphatic rings. The average Bonchev–Trinajstić information content (AvgIpc) is 3.02. The van der Waals surface area contributed by atoms with E-state index in [0.29, 0.717) is 6.54 Å². The molecule has 132 valence electrons. The Balaban J connectivity index is 1.71. The van der Waals surface area contributed by atoms with Gasteiger partial charge in [0.25, 0.3) is 5.91 Å². The highest BCUT2D eigenvalue weighted by Crippen LogP contribution is 2.16. The van der Waals surface area contributed by atoms with Crippen molar-refractivity contribution < 1.29 is 14.3 Å². The van der Waals surface area contributed by atoms with E-state index in [1.807, 2.05) is 62.3 Å². The molecule has 0 atom stereocenters. The topological polar surface area (TPSA) is 58.6 Å². The first kappa shape index (κ1) is 18.7. The van der Waals surface area contributed by atoms with Crippen molar-refractivity contribution in [2.75, 3.05) is 25.6 Å². The molecule has 5 nitrogen and oxygen atoms in total. The number of benzene rings is 1. The van der Waals surface area contributed by atoms with Crippen LogP contribution in [0.25, 0.3) is 6.08 Å². The molecule has 0 spiro atoms. The Labute approximate surface area is 151 Å². The third-order valence-electron chi connectivity index (χ3n) is 3.43. The van der Waals surface area contributed by atoms with Crippen LogP contribution in [0.4, 0.5) is 5.69 Å². The summed E-state index contributed by atoms with van der Waals surface area (Å²) < 4.78 is 4.93. The lowest BCUT2D eigenvalue weighted by Crippen LogP contribution is -2.28. The van der Waals surface area contributed by atoms with Gasteiger partial charge in [0.05, 0.1) is 0 Å². The van der Waals surface area contributed by atoms with Gasteiger partial charge in [0.15, 0.2) is 6.61 Å². The number of carbonyl (C=O) groups is 2. The second-order valence-corrected chi connectivity index (χ2v) is 7.05. The van der Waals surface area contributed by atoms with Crippen LogP contribution < -0.4 is 10.2 Å². The van der Waals surface area contributed by atoms with Gasteiger partial charge in [0.1, 0.15) is 0 Å². The second kappa shape index (κ2) is 9.03. The normalized spacial score (nSPS) is 10.7. The van der Waals surface area contributed by atoms with Crippen molar-refractivity contribution >= 4 is 35.0 Å². The molecule has 1 heterocycles. The van der Waals surface area contributed by atoms with E-state index in [1.54, 1.807) is 17.4 Å². The largest absolute Gasteiger partial charge is 0.452 e. The standard InChI is InChI=1S/C19H22N2O3S/c1-14-4-9-17(25-14)10-11-19(23)24-13-18(22)20-12-15-5-7-16(8-6-15)21(2)3/h4-11H,12-13H2,1-3H3,(H,20,22)/b11-10+. The predicted molar refractivity (Wildman–Crippen MR) is 102 cm³/mol. The number of thiophene rings is 1. The molecule has 0 fully saturated rings. The van der Waals surface area contributed by atoms with Crippen LogP contribution in [-0.4, -0.2) is 32.6 Å². The van der Waals surface area contributed by atoms with E-state index in [2.05, 4.69) is 5.32 Å². The minimum Gasteiger partial charge on any atom is -0.452 e. The summed E-state index contributed by atoms with van der Waals surface area (Å²) in [5, 5.41) is 2.73. The molecule has 2 rings (SSSR count). The molecule has 0 aliphatic heterocycles. The number of hydrogen-bond donors (Lipinski definition) is 1. The van der Waals surface area contributed by atoms with Gasteiger partial charge in [-0.15, -0.1) is 11.3 Å². The lowest BCUT2D eigenvalue weighted by atomic mass is 10.2. The summed E-state index contributed by atoms with van der Waals surface area (Å²) in [7, 11) is 3.94. The Morgan fingerprint density at radius 3 is 2.48 bits per heavy atom. The zero-order valence-electron chi connectivity index (χ0n) is 14.6. The van der Waals surface area contributed by atoms with Gasteiger partial charge in [-0.25, -0.2) is 4.79 Å². The van der Waals surface area contributed by atoms with Crippen LogP contribution >= 0.6 is 11.3 Å². The number of nitrogens with zero attached hydrogens (tertiary/aromatic N) is 1. The van der Waals surface area contributed by atoms with Crippen molar-refractivity contribution in [2.45, 2.75) is 13.5 Å². The highest BCUT2D eigenvalue weighted by Gasteiger charge is 2.05. The van der Waals surface area contributed by atoms with Gasteiger partial charge in [0, 0.05) is 42.2 Å². The van der Waals surface area contributed by atoms with Crippen molar-refractivity contribution in [2.24, 2.45) is 0 Å². The summed E-state index contributed by atoms with van der Waals surface area (Å²) in [5.41, 5.74) is 2.08. The summed E-state index contributed by atoms with van der Waals surface area (Å²) in [6.07, 6.45) is 3.02. The second-order valence-electron chi connectivity index (χ2n) is 5.73. The molecule has 0 saturated heterocycles. The molecular formula is C19H22N2O3S. The van der Waals surface area contributed by atoms with Crippen molar-refractivity contribution in [3.63, 3.8) is 0 Å². The maximum Gasteiger partial charge on any atom is 0.331 e.